The predicted octanol–water partition coefficient (Wildman–Crippen LogP) is 0.0428. The molecule has 0 aromatic heterocycles. The molecule has 11 heavy (non-hydrogen) atoms. The summed E-state index contributed by atoms with van der Waals surface area (Å²) in [7, 11) is 0. The van der Waals surface area contributed by atoms with Crippen LogP contribution in [-0.2, 0) is 0 Å². The molecule has 0 rings (SSSR count). The van der Waals surface area contributed by atoms with Crippen LogP contribution in [0.5, 0.6) is 0 Å². The zero-order valence-corrected chi connectivity index (χ0v) is 7.40. The van der Waals surface area contributed by atoms with Crippen LogP contribution in [0.4, 0.5) is 4.79 Å². The van der Waals surface area contributed by atoms with Crippen LogP contribution in [0.1, 0.15) is 20.8 Å². The Kier molecular flexibility index (Phi) is 3.89. The summed E-state index contributed by atoms with van der Waals surface area (Å²) in [4.78, 5) is 10.9. The Hall–Kier alpha value is -0.770. The molecule has 0 aliphatic rings. The lowest BCUT2D eigenvalue weighted by Gasteiger charge is -2.20. The van der Waals surface area contributed by atoms with E-state index in [1.165, 1.54) is 0 Å². The minimum Gasteiger partial charge on any atom is -0.337 e. The van der Waals surface area contributed by atoms with Crippen molar-refractivity contribution in [2.45, 2.75) is 26.3 Å². The molecule has 0 heterocycles. The molecule has 0 aliphatic heterocycles. The van der Waals surface area contributed by atoms with Gasteiger partial charge in [-0.1, -0.05) is 0 Å². The molecule has 0 atom stereocenters. The first-order chi connectivity index (χ1) is 4.95. The maximum absolute atomic E-state index is 10.9. The molecular weight excluding hydrogens is 142 g/mol. The Morgan fingerprint density at radius 3 is 2.36 bits per heavy atom. The molecule has 4 N–H and O–H groups in total. The number of carbonyl (C=O) groups is 1. The van der Waals surface area contributed by atoms with E-state index in [-0.39, 0.29) is 11.6 Å². The molecule has 0 radical (unpaired) electrons. The summed E-state index contributed by atoms with van der Waals surface area (Å²) in [6.45, 7) is 6.76. The number of nitrogens with one attached hydrogen (secondary N) is 2. The second-order valence-electron chi connectivity index (χ2n) is 3.42. The maximum atomic E-state index is 10.9. The minimum atomic E-state index is -0.182. The van der Waals surface area contributed by atoms with E-state index in [2.05, 4.69) is 10.6 Å². The third kappa shape index (κ3) is 7.12. The van der Waals surface area contributed by atoms with Crippen LogP contribution < -0.4 is 16.4 Å². The molecule has 0 aromatic rings. The van der Waals surface area contributed by atoms with Gasteiger partial charge < -0.3 is 16.4 Å². The van der Waals surface area contributed by atoms with Gasteiger partial charge in [0.05, 0.1) is 0 Å². The SMILES string of the molecule is CC(C)(C)NC(=O)NCCN. The molecule has 0 saturated heterocycles. The Balaban J connectivity index is 3.53. The third-order valence-electron chi connectivity index (χ3n) is 0.918. The lowest BCUT2D eigenvalue weighted by Crippen LogP contribution is -2.47. The predicted molar refractivity (Wildman–Crippen MR) is 45.3 cm³/mol. The van der Waals surface area contributed by atoms with Crippen molar-refractivity contribution in [3.05, 3.63) is 0 Å². The van der Waals surface area contributed by atoms with Crippen LogP contribution in [0.15, 0.2) is 0 Å². The molecule has 0 spiro atoms. The molecular formula is C7H17N3O. The van der Waals surface area contributed by atoms with Crippen LogP contribution in [0.25, 0.3) is 0 Å². The highest BCUT2D eigenvalue weighted by Crippen LogP contribution is 1.96. The van der Waals surface area contributed by atoms with E-state index in [1.54, 1.807) is 0 Å². The molecule has 0 fully saturated rings. The summed E-state index contributed by atoms with van der Waals surface area (Å²) >= 11 is 0. The summed E-state index contributed by atoms with van der Waals surface area (Å²) in [5.41, 5.74) is 5.02. The van der Waals surface area contributed by atoms with E-state index in [1.807, 2.05) is 20.8 Å². The van der Waals surface area contributed by atoms with Gasteiger partial charge in [0.1, 0.15) is 0 Å². The molecule has 2 amide bonds. The smallest absolute Gasteiger partial charge is 0.315 e. The van der Waals surface area contributed by atoms with Gasteiger partial charge in [0.15, 0.2) is 0 Å². The number of carbonyl (C=O) groups excluding carboxylic acids is 1. The number of urea groups is 1. The summed E-state index contributed by atoms with van der Waals surface area (Å²) in [5, 5.41) is 5.36. The fraction of sp³-hybridized carbons (Fsp3) is 0.857. The molecule has 66 valence electrons. The Morgan fingerprint density at radius 1 is 1.45 bits per heavy atom. The number of amides is 2. The van der Waals surface area contributed by atoms with Crippen molar-refractivity contribution in [3.8, 4) is 0 Å². The fourth-order valence-electron chi connectivity index (χ4n) is 0.570. The second kappa shape index (κ2) is 4.18. The minimum absolute atomic E-state index is 0.164. The van der Waals surface area contributed by atoms with Crippen LogP contribution in [0.3, 0.4) is 0 Å². The van der Waals surface area contributed by atoms with Gasteiger partial charge >= 0.3 is 6.03 Å². The van der Waals surface area contributed by atoms with E-state index < -0.39 is 0 Å². The monoisotopic (exact) mass is 159 g/mol. The Morgan fingerprint density at radius 2 is 2.00 bits per heavy atom. The highest BCUT2D eigenvalue weighted by atomic mass is 16.2. The zero-order chi connectivity index (χ0) is 8.91. The number of rotatable bonds is 2. The van der Waals surface area contributed by atoms with Crippen molar-refractivity contribution in [3.63, 3.8) is 0 Å². The number of hydrogen-bond acceptors (Lipinski definition) is 2. The van der Waals surface area contributed by atoms with E-state index in [0.717, 1.165) is 0 Å². The van der Waals surface area contributed by atoms with Gasteiger partial charge in [0.25, 0.3) is 0 Å². The molecule has 4 nitrogen and oxygen atoms in total. The highest BCUT2D eigenvalue weighted by Gasteiger charge is 2.12. The summed E-state index contributed by atoms with van der Waals surface area (Å²) in [5.74, 6) is 0. The molecule has 0 aliphatic carbocycles. The van der Waals surface area contributed by atoms with E-state index in [9.17, 15) is 4.79 Å². The van der Waals surface area contributed by atoms with E-state index in [0.29, 0.717) is 13.1 Å². The first kappa shape index (κ1) is 10.2. The van der Waals surface area contributed by atoms with Gasteiger partial charge in [0.2, 0.25) is 0 Å². The average Bonchev–Trinajstić information content (AvgIpc) is 1.79. The van der Waals surface area contributed by atoms with Crippen LogP contribution in [0.2, 0.25) is 0 Å². The van der Waals surface area contributed by atoms with Crippen LogP contribution in [0, 0.1) is 0 Å². The molecule has 0 bridgehead atoms. The lowest BCUT2D eigenvalue weighted by molar-refractivity contribution is 0.232. The topological polar surface area (TPSA) is 67.2 Å². The van der Waals surface area contributed by atoms with Gasteiger partial charge in [0, 0.05) is 18.6 Å². The van der Waals surface area contributed by atoms with Crippen molar-refractivity contribution in [1.82, 2.24) is 10.6 Å². The van der Waals surface area contributed by atoms with E-state index >= 15 is 0 Å². The van der Waals surface area contributed by atoms with E-state index in [4.69, 9.17) is 5.73 Å². The maximum Gasteiger partial charge on any atom is 0.315 e. The number of nitrogens with two attached hydrogens (primary N) is 1. The van der Waals surface area contributed by atoms with Crippen molar-refractivity contribution >= 4 is 6.03 Å². The first-order valence-corrected chi connectivity index (χ1v) is 3.72. The molecule has 0 unspecified atom stereocenters. The number of hydrogen-bond donors (Lipinski definition) is 3. The van der Waals surface area contributed by atoms with Crippen LogP contribution >= 0.6 is 0 Å². The van der Waals surface area contributed by atoms with Gasteiger partial charge in [-0.25, -0.2) is 4.79 Å². The van der Waals surface area contributed by atoms with Crippen molar-refractivity contribution in [1.29, 1.82) is 0 Å². The van der Waals surface area contributed by atoms with Gasteiger partial charge in [-0.05, 0) is 20.8 Å². The van der Waals surface area contributed by atoms with Crippen molar-refractivity contribution in [2.75, 3.05) is 13.1 Å². The quantitative estimate of drug-likeness (QED) is 0.532. The van der Waals surface area contributed by atoms with Crippen molar-refractivity contribution in [2.24, 2.45) is 5.73 Å². The Bertz CT molecular complexity index is 128. The zero-order valence-electron chi connectivity index (χ0n) is 7.40. The average molecular weight is 159 g/mol. The summed E-state index contributed by atoms with van der Waals surface area (Å²) < 4.78 is 0. The largest absolute Gasteiger partial charge is 0.337 e. The van der Waals surface area contributed by atoms with Gasteiger partial charge in [-0.3, -0.25) is 0 Å². The standard InChI is InChI=1S/C7H17N3O/c1-7(2,3)10-6(11)9-5-4-8/h4-5,8H2,1-3H3,(H2,9,10,11). The van der Waals surface area contributed by atoms with Gasteiger partial charge in [-0.15, -0.1) is 0 Å². The highest BCUT2D eigenvalue weighted by molar-refractivity contribution is 5.74. The summed E-state index contributed by atoms with van der Waals surface area (Å²) in [6.07, 6.45) is 0. The lowest BCUT2D eigenvalue weighted by atomic mass is 10.1. The van der Waals surface area contributed by atoms with Crippen LogP contribution in [-0.4, -0.2) is 24.7 Å². The second-order valence-corrected chi connectivity index (χ2v) is 3.42. The normalized spacial score (nSPS) is 10.9. The molecule has 0 saturated carbocycles. The van der Waals surface area contributed by atoms with Crippen molar-refractivity contribution < 1.29 is 4.79 Å². The summed E-state index contributed by atoms with van der Waals surface area (Å²) in [6, 6.07) is -0.164. The molecule has 0 aromatic carbocycles. The third-order valence-corrected chi connectivity index (χ3v) is 0.918. The Labute approximate surface area is 67.5 Å². The first-order valence-electron chi connectivity index (χ1n) is 3.72. The fourth-order valence-corrected chi connectivity index (χ4v) is 0.570. The van der Waals surface area contributed by atoms with Gasteiger partial charge in [-0.2, -0.15) is 0 Å². The molecule has 4 heteroatoms.